The SMILES string of the molecule is Cc1nc(C(=O)Nc2ccccc2C(=O)O)co1. The van der Waals surface area contributed by atoms with Crippen molar-refractivity contribution in [1.29, 1.82) is 0 Å². The van der Waals surface area contributed by atoms with Crippen molar-refractivity contribution < 1.29 is 19.1 Å². The number of carbonyl (C=O) groups is 2. The zero-order valence-corrected chi connectivity index (χ0v) is 9.51. The van der Waals surface area contributed by atoms with Gasteiger partial charge in [0.05, 0.1) is 11.3 Å². The van der Waals surface area contributed by atoms with Gasteiger partial charge in [-0.05, 0) is 12.1 Å². The fraction of sp³-hybridized carbons (Fsp3) is 0.0833. The summed E-state index contributed by atoms with van der Waals surface area (Å²) in [5, 5.41) is 11.4. The van der Waals surface area contributed by atoms with Crippen LogP contribution in [0.15, 0.2) is 34.9 Å². The van der Waals surface area contributed by atoms with Crippen LogP contribution in [0.1, 0.15) is 26.7 Å². The van der Waals surface area contributed by atoms with Crippen molar-refractivity contribution in [2.24, 2.45) is 0 Å². The fourth-order valence-corrected chi connectivity index (χ4v) is 1.43. The van der Waals surface area contributed by atoms with Crippen LogP contribution in [-0.4, -0.2) is 22.0 Å². The van der Waals surface area contributed by atoms with Crippen molar-refractivity contribution in [3.8, 4) is 0 Å². The summed E-state index contributed by atoms with van der Waals surface area (Å²) in [6, 6.07) is 6.13. The van der Waals surface area contributed by atoms with Crippen molar-refractivity contribution in [3.05, 3.63) is 47.7 Å². The number of hydrogen-bond acceptors (Lipinski definition) is 4. The minimum absolute atomic E-state index is 0.0195. The summed E-state index contributed by atoms with van der Waals surface area (Å²) in [6.07, 6.45) is 1.22. The van der Waals surface area contributed by atoms with Crippen LogP contribution >= 0.6 is 0 Å². The van der Waals surface area contributed by atoms with Gasteiger partial charge in [0, 0.05) is 6.92 Å². The Morgan fingerprint density at radius 1 is 1.33 bits per heavy atom. The number of nitrogens with one attached hydrogen (secondary N) is 1. The summed E-state index contributed by atoms with van der Waals surface area (Å²) in [4.78, 5) is 26.6. The smallest absolute Gasteiger partial charge is 0.337 e. The molecule has 1 aromatic carbocycles. The van der Waals surface area contributed by atoms with Gasteiger partial charge in [-0.1, -0.05) is 12.1 Å². The Balaban J connectivity index is 2.24. The third-order valence-corrected chi connectivity index (χ3v) is 2.26. The Morgan fingerprint density at radius 2 is 2.06 bits per heavy atom. The molecule has 0 saturated carbocycles. The summed E-state index contributed by atoms with van der Waals surface area (Å²) >= 11 is 0. The topological polar surface area (TPSA) is 92.4 Å². The van der Waals surface area contributed by atoms with Gasteiger partial charge < -0.3 is 14.8 Å². The Morgan fingerprint density at radius 3 is 2.67 bits per heavy atom. The number of aromatic nitrogens is 1. The number of benzene rings is 1. The van der Waals surface area contributed by atoms with Crippen molar-refractivity contribution in [1.82, 2.24) is 4.98 Å². The molecule has 0 saturated heterocycles. The number of oxazole rings is 1. The number of nitrogens with zero attached hydrogens (tertiary/aromatic N) is 1. The van der Waals surface area contributed by atoms with Crippen molar-refractivity contribution in [2.45, 2.75) is 6.92 Å². The maximum Gasteiger partial charge on any atom is 0.337 e. The van der Waals surface area contributed by atoms with Gasteiger partial charge in [-0.2, -0.15) is 0 Å². The van der Waals surface area contributed by atoms with Gasteiger partial charge in [0.1, 0.15) is 6.26 Å². The first-order valence-corrected chi connectivity index (χ1v) is 5.13. The van der Waals surface area contributed by atoms with E-state index in [0.717, 1.165) is 0 Å². The van der Waals surface area contributed by atoms with Crippen molar-refractivity contribution >= 4 is 17.6 Å². The standard InChI is InChI=1S/C12H10N2O4/c1-7-13-10(6-18-7)11(15)14-9-5-3-2-4-8(9)12(16)17/h2-6H,1H3,(H,14,15)(H,16,17). The lowest BCUT2D eigenvalue weighted by Crippen LogP contribution is -2.15. The highest BCUT2D eigenvalue weighted by Crippen LogP contribution is 2.16. The molecule has 0 aliphatic heterocycles. The largest absolute Gasteiger partial charge is 0.478 e. The average molecular weight is 246 g/mol. The summed E-state index contributed by atoms with van der Waals surface area (Å²) in [5.74, 6) is -1.26. The van der Waals surface area contributed by atoms with Crippen LogP contribution in [0.4, 0.5) is 5.69 Å². The molecule has 6 nitrogen and oxygen atoms in total. The molecular weight excluding hydrogens is 236 g/mol. The lowest BCUT2D eigenvalue weighted by atomic mass is 10.2. The van der Waals surface area contributed by atoms with Crippen molar-refractivity contribution in [2.75, 3.05) is 5.32 Å². The zero-order chi connectivity index (χ0) is 13.1. The summed E-state index contributed by atoms with van der Waals surface area (Å²) in [6.45, 7) is 1.61. The Kier molecular flexibility index (Phi) is 3.09. The molecule has 2 N–H and O–H groups in total. The molecule has 6 heteroatoms. The predicted molar refractivity (Wildman–Crippen MR) is 62.6 cm³/mol. The monoisotopic (exact) mass is 246 g/mol. The van der Waals surface area contributed by atoms with E-state index in [1.807, 2.05) is 0 Å². The average Bonchev–Trinajstić information content (AvgIpc) is 2.76. The molecule has 0 unspecified atom stereocenters. The number of carbonyl (C=O) groups excluding carboxylic acids is 1. The van der Waals surface area contributed by atoms with Crippen LogP contribution in [0, 0.1) is 6.92 Å². The summed E-state index contributed by atoms with van der Waals surface area (Å²) in [7, 11) is 0. The second-order valence-corrected chi connectivity index (χ2v) is 3.56. The number of aryl methyl sites for hydroxylation is 1. The molecule has 1 amide bonds. The van der Waals surface area contributed by atoms with E-state index in [-0.39, 0.29) is 16.9 Å². The van der Waals surface area contributed by atoms with E-state index < -0.39 is 11.9 Å². The van der Waals surface area contributed by atoms with Crippen LogP contribution in [0.5, 0.6) is 0 Å². The fourth-order valence-electron chi connectivity index (χ4n) is 1.43. The van der Waals surface area contributed by atoms with Gasteiger partial charge in [0.2, 0.25) is 0 Å². The number of aromatic carboxylic acids is 1. The molecular formula is C12H10N2O4. The van der Waals surface area contributed by atoms with Crippen LogP contribution in [0.2, 0.25) is 0 Å². The van der Waals surface area contributed by atoms with E-state index in [2.05, 4.69) is 10.3 Å². The maximum atomic E-state index is 11.8. The number of rotatable bonds is 3. The third-order valence-electron chi connectivity index (χ3n) is 2.26. The molecule has 1 heterocycles. The minimum atomic E-state index is -1.11. The lowest BCUT2D eigenvalue weighted by molar-refractivity contribution is 0.0698. The van der Waals surface area contributed by atoms with Crippen LogP contribution in [0.3, 0.4) is 0 Å². The van der Waals surface area contributed by atoms with Gasteiger partial charge in [-0.15, -0.1) is 0 Å². The molecule has 0 atom stereocenters. The highest BCUT2D eigenvalue weighted by molar-refractivity contribution is 6.06. The van der Waals surface area contributed by atoms with Gasteiger partial charge in [-0.3, -0.25) is 4.79 Å². The molecule has 0 radical (unpaired) electrons. The van der Waals surface area contributed by atoms with Gasteiger partial charge in [-0.25, -0.2) is 9.78 Å². The van der Waals surface area contributed by atoms with Crippen LogP contribution in [0.25, 0.3) is 0 Å². The lowest BCUT2D eigenvalue weighted by Gasteiger charge is -2.06. The molecule has 0 aliphatic carbocycles. The van der Waals surface area contributed by atoms with Crippen molar-refractivity contribution in [3.63, 3.8) is 0 Å². The second-order valence-electron chi connectivity index (χ2n) is 3.56. The second kappa shape index (κ2) is 4.70. The van der Waals surface area contributed by atoms with Gasteiger partial charge in [0.25, 0.3) is 5.91 Å². The molecule has 0 fully saturated rings. The first-order chi connectivity index (χ1) is 8.58. The highest BCUT2D eigenvalue weighted by atomic mass is 16.4. The van der Waals surface area contributed by atoms with E-state index in [1.165, 1.54) is 18.4 Å². The van der Waals surface area contributed by atoms with E-state index in [9.17, 15) is 9.59 Å². The summed E-state index contributed by atoms with van der Waals surface area (Å²) < 4.78 is 4.91. The molecule has 2 rings (SSSR count). The zero-order valence-electron chi connectivity index (χ0n) is 9.51. The normalized spacial score (nSPS) is 10.1. The Bertz CT molecular complexity index is 604. The van der Waals surface area contributed by atoms with E-state index in [1.54, 1.807) is 19.1 Å². The number of hydrogen-bond donors (Lipinski definition) is 2. The quantitative estimate of drug-likeness (QED) is 0.863. The maximum absolute atomic E-state index is 11.8. The minimum Gasteiger partial charge on any atom is -0.478 e. The number of amides is 1. The van der Waals surface area contributed by atoms with Crippen LogP contribution < -0.4 is 5.32 Å². The third kappa shape index (κ3) is 2.37. The van der Waals surface area contributed by atoms with E-state index >= 15 is 0 Å². The van der Waals surface area contributed by atoms with Gasteiger partial charge in [0.15, 0.2) is 11.6 Å². The number of anilines is 1. The molecule has 1 aromatic heterocycles. The van der Waals surface area contributed by atoms with E-state index in [0.29, 0.717) is 5.89 Å². The number of carboxylic acids is 1. The molecule has 92 valence electrons. The molecule has 18 heavy (non-hydrogen) atoms. The van der Waals surface area contributed by atoms with E-state index in [4.69, 9.17) is 9.52 Å². The van der Waals surface area contributed by atoms with Gasteiger partial charge >= 0.3 is 5.97 Å². The number of para-hydroxylation sites is 1. The Labute approximate surface area is 102 Å². The first-order valence-electron chi connectivity index (χ1n) is 5.13. The summed E-state index contributed by atoms with van der Waals surface area (Å²) in [5.41, 5.74) is 0.342. The predicted octanol–water partition coefficient (Wildman–Crippen LogP) is 1.93. The highest BCUT2D eigenvalue weighted by Gasteiger charge is 2.15. The Hall–Kier alpha value is -2.63. The van der Waals surface area contributed by atoms with Crippen LogP contribution in [-0.2, 0) is 0 Å². The molecule has 2 aromatic rings. The number of carboxylic acid groups (broad SMARTS) is 1. The molecule has 0 spiro atoms. The molecule has 0 bridgehead atoms. The molecule has 0 aliphatic rings. The first kappa shape index (κ1) is 11.8.